The van der Waals surface area contributed by atoms with Gasteiger partial charge in [-0.25, -0.2) is 4.98 Å². The Kier molecular flexibility index (Phi) is 6.31. The molecule has 8 heteroatoms. The number of thiazole rings is 1. The summed E-state index contributed by atoms with van der Waals surface area (Å²) in [6.07, 6.45) is 2.02. The lowest BCUT2D eigenvalue weighted by molar-refractivity contribution is 0.738. The summed E-state index contributed by atoms with van der Waals surface area (Å²) in [5.74, 6) is 1.08. The van der Waals surface area contributed by atoms with Crippen molar-refractivity contribution in [3.63, 3.8) is 0 Å². The molecular weight excluding hydrogens is 431 g/mol. The summed E-state index contributed by atoms with van der Waals surface area (Å²) >= 11 is 15.5. The van der Waals surface area contributed by atoms with Crippen molar-refractivity contribution in [3.05, 3.63) is 52.0 Å². The molecule has 1 aliphatic rings. The predicted molar refractivity (Wildman–Crippen MR) is 126 cm³/mol. The van der Waals surface area contributed by atoms with Gasteiger partial charge in [0.2, 0.25) is 0 Å². The van der Waals surface area contributed by atoms with Crippen LogP contribution in [0.25, 0.3) is 10.2 Å². The zero-order valence-electron chi connectivity index (χ0n) is 15.3. The first-order valence-electron chi connectivity index (χ1n) is 9.16. The van der Waals surface area contributed by atoms with Crippen LogP contribution in [0.1, 0.15) is 18.9 Å². The van der Waals surface area contributed by atoms with E-state index >= 15 is 0 Å². The Hall–Kier alpha value is -1.47. The van der Waals surface area contributed by atoms with Crippen LogP contribution >= 0.6 is 46.3 Å². The van der Waals surface area contributed by atoms with Gasteiger partial charge in [0.05, 0.1) is 26.3 Å². The summed E-state index contributed by atoms with van der Waals surface area (Å²) in [4.78, 5) is 9.24. The molecule has 1 unspecified atom stereocenters. The molecule has 2 heterocycles. The summed E-state index contributed by atoms with van der Waals surface area (Å²) in [6.45, 7) is 2.99. The maximum atomic E-state index is 6.07. The Balaban J connectivity index is 1.30. The predicted octanol–water partition coefficient (Wildman–Crippen LogP) is 6.55. The Morgan fingerprint density at radius 2 is 1.93 bits per heavy atom. The third-order valence-electron chi connectivity index (χ3n) is 4.51. The Bertz CT molecular complexity index is 962. The highest BCUT2D eigenvalue weighted by atomic mass is 35.5. The molecule has 0 bridgehead atoms. The molecular formula is C20H20Cl2N4S2. The maximum absolute atomic E-state index is 6.07. The lowest BCUT2D eigenvalue weighted by Gasteiger charge is -2.07. The van der Waals surface area contributed by atoms with Crippen LogP contribution in [0.4, 0.5) is 10.8 Å². The highest BCUT2D eigenvalue weighted by Crippen LogP contribution is 2.33. The highest BCUT2D eigenvalue weighted by molar-refractivity contribution is 8.14. The van der Waals surface area contributed by atoms with Crippen molar-refractivity contribution >= 4 is 72.5 Å². The summed E-state index contributed by atoms with van der Waals surface area (Å²) in [7, 11) is 0. The van der Waals surface area contributed by atoms with E-state index in [1.807, 2.05) is 12.1 Å². The number of aliphatic imine (C=N–C) groups is 1. The van der Waals surface area contributed by atoms with E-state index < -0.39 is 0 Å². The van der Waals surface area contributed by atoms with Crippen molar-refractivity contribution in [2.45, 2.75) is 25.8 Å². The van der Waals surface area contributed by atoms with Gasteiger partial charge in [0.15, 0.2) is 10.3 Å². The molecule has 0 saturated carbocycles. The monoisotopic (exact) mass is 450 g/mol. The van der Waals surface area contributed by atoms with Gasteiger partial charge in [-0.15, -0.1) is 0 Å². The number of amidine groups is 1. The lowest BCUT2D eigenvalue weighted by Crippen LogP contribution is -2.06. The number of nitrogens with one attached hydrogen (secondary N) is 2. The zero-order valence-corrected chi connectivity index (χ0v) is 18.5. The standard InChI is InChI=1S/C20H20Cl2N4S2/c1-2-13-11-27-20(24-13)25-14-5-3-12(4-6-14)7-8-23-19-26-17-9-15(21)16(22)10-18(17)28-19/h3-6,9-10,13H,2,7-8,11H2,1H3,(H,23,26)(H,24,25). The summed E-state index contributed by atoms with van der Waals surface area (Å²) in [5.41, 5.74) is 3.23. The van der Waals surface area contributed by atoms with Crippen molar-refractivity contribution in [3.8, 4) is 0 Å². The lowest BCUT2D eigenvalue weighted by atomic mass is 10.1. The number of hydrogen-bond acceptors (Lipinski definition) is 6. The van der Waals surface area contributed by atoms with Gasteiger partial charge < -0.3 is 10.6 Å². The van der Waals surface area contributed by atoms with Gasteiger partial charge >= 0.3 is 0 Å². The molecule has 1 aromatic heterocycles. The van der Waals surface area contributed by atoms with Gasteiger partial charge in [0, 0.05) is 18.0 Å². The molecule has 2 aromatic carbocycles. The van der Waals surface area contributed by atoms with Crippen molar-refractivity contribution in [1.82, 2.24) is 4.98 Å². The van der Waals surface area contributed by atoms with Crippen molar-refractivity contribution < 1.29 is 0 Å². The fraction of sp³-hybridized carbons (Fsp3) is 0.300. The van der Waals surface area contributed by atoms with Crippen molar-refractivity contribution in [2.75, 3.05) is 22.9 Å². The Labute approximate surface area is 182 Å². The van der Waals surface area contributed by atoms with Crippen LogP contribution in [0.2, 0.25) is 10.0 Å². The second kappa shape index (κ2) is 8.91. The number of nitrogens with zero attached hydrogens (tertiary/aromatic N) is 2. The third kappa shape index (κ3) is 4.74. The summed E-state index contributed by atoms with van der Waals surface area (Å²) < 4.78 is 1.03. The molecule has 0 saturated heterocycles. The summed E-state index contributed by atoms with van der Waals surface area (Å²) in [6, 6.07) is 12.6. The molecule has 1 aliphatic heterocycles. The number of fused-ring (bicyclic) bond motifs is 1. The van der Waals surface area contributed by atoms with Gasteiger partial charge in [-0.3, -0.25) is 4.99 Å². The van der Waals surface area contributed by atoms with E-state index in [0.717, 1.165) is 51.3 Å². The number of thioether (sulfide) groups is 1. The van der Waals surface area contributed by atoms with Gasteiger partial charge in [0.25, 0.3) is 0 Å². The van der Waals surface area contributed by atoms with Crippen molar-refractivity contribution in [1.29, 1.82) is 0 Å². The highest BCUT2D eigenvalue weighted by Gasteiger charge is 2.16. The molecule has 0 amide bonds. The second-order valence-corrected chi connectivity index (χ2v) is 9.41. The van der Waals surface area contributed by atoms with Crippen LogP contribution in [0.3, 0.4) is 0 Å². The Morgan fingerprint density at radius 3 is 2.68 bits per heavy atom. The minimum Gasteiger partial charge on any atom is -0.361 e. The number of anilines is 2. The molecule has 4 nitrogen and oxygen atoms in total. The molecule has 28 heavy (non-hydrogen) atoms. The molecule has 0 fully saturated rings. The number of halogens is 2. The topological polar surface area (TPSA) is 49.3 Å². The second-order valence-electron chi connectivity index (χ2n) is 6.56. The molecule has 3 aromatic rings. The fourth-order valence-electron chi connectivity index (χ4n) is 2.88. The molecule has 2 N–H and O–H groups in total. The molecule has 0 spiro atoms. The van der Waals surface area contributed by atoms with Crippen LogP contribution in [-0.2, 0) is 6.42 Å². The maximum Gasteiger partial charge on any atom is 0.183 e. The van der Waals surface area contributed by atoms with E-state index in [-0.39, 0.29) is 0 Å². The average molecular weight is 451 g/mol. The number of hydrogen-bond donors (Lipinski definition) is 2. The largest absolute Gasteiger partial charge is 0.361 e. The van der Waals surface area contributed by atoms with Crippen molar-refractivity contribution in [2.24, 2.45) is 4.99 Å². The van der Waals surface area contributed by atoms with Crippen LogP contribution in [0.15, 0.2) is 41.4 Å². The quantitative estimate of drug-likeness (QED) is 0.446. The number of rotatable bonds is 6. The van der Waals surface area contributed by atoms with Gasteiger partial charge in [-0.05, 0) is 42.7 Å². The van der Waals surface area contributed by atoms with Gasteiger partial charge in [0.1, 0.15) is 0 Å². The Morgan fingerprint density at radius 1 is 1.14 bits per heavy atom. The normalized spacial score (nSPS) is 16.4. The van der Waals surface area contributed by atoms with Crippen LogP contribution < -0.4 is 10.6 Å². The minimum absolute atomic E-state index is 0.451. The van der Waals surface area contributed by atoms with E-state index in [4.69, 9.17) is 23.2 Å². The molecule has 0 aliphatic carbocycles. The molecule has 146 valence electrons. The van der Waals surface area contributed by atoms with E-state index in [2.05, 4.69) is 51.8 Å². The van der Waals surface area contributed by atoms with Gasteiger partial charge in [-0.1, -0.05) is 65.4 Å². The first-order valence-corrected chi connectivity index (χ1v) is 11.7. The van der Waals surface area contributed by atoms with Crippen LogP contribution in [0, 0.1) is 0 Å². The zero-order chi connectivity index (χ0) is 19.5. The van der Waals surface area contributed by atoms with E-state index in [0.29, 0.717) is 16.1 Å². The van der Waals surface area contributed by atoms with Crippen LogP contribution in [0.5, 0.6) is 0 Å². The molecule has 0 radical (unpaired) electrons. The molecule has 1 atom stereocenters. The van der Waals surface area contributed by atoms with E-state index in [9.17, 15) is 0 Å². The van der Waals surface area contributed by atoms with Crippen LogP contribution in [-0.4, -0.2) is 28.5 Å². The third-order valence-corrected chi connectivity index (χ3v) is 7.24. The molecule has 4 rings (SSSR count). The summed E-state index contributed by atoms with van der Waals surface area (Å²) in [5, 5.41) is 9.80. The number of benzene rings is 2. The van der Waals surface area contributed by atoms with E-state index in [1.54, 1.807) is 23.1 Å². The van der Waals surface area contributed by atoms with E-state index in [1.165, 1.54) is 5.56 Å². The average Bonchev–Trinajstić information content (AvgIpc) is 3.30. The SMILES string of the molecule is CCC1CSC(Nc2ccc(CCNc3nc4cc(Cl)c(Cl)cc4s3)cc2)=N1. The number of aromatic nitrogens is 1. The smallest absolute Gasteiger partial charge is 0.183 e. The first-order chi connectivity index (χ1) is 13.6. The fourth-order valence-corrected chi connectivity index (χ4v) is 5.26. The van der Waals surface area contributed by atoms with Gasteiger partial charge in [-0.2, -0.15) is 0 Å². The minimum atomic E-state index is 0.451. The first kappa shape index (κ1) is 19.8.